The molecule has 0 atom stereocenters. The van der Waals surface area contributed by atoms with Gasteiger partial charge in [-0.3, -0.25) is 0 Å². The van der Waals surface area contributed by atoms with Gasteiger partial charge in [-0.25, -0.2) is 0 Å². The lowest BCUT2D eigenvalue weighted by molar-refractivity contribution is 0.669. The van der Waals surface area contributed by atoms with Crippen molar-refractivity contribution in [3.8, 4) is 33.4 Å². The molecule has 11 rings (SSSR count). The second-order valence-electron chi connectivity index (χ2n) is 14.1. The molecule has 0 aliphatic heterocycles. The van der Waals surface area contributed by atoms with E-state index in [1.165, 1.54) is 64.3 Å². The molecule has 258 valence electrons. The maximum absolute atomic E-state index is 6.40. The maximum Gasteiger partial charge on any atom is 0.137 e. The average molecular weight is 720 g/mol. The summed E-state index contributed by atoms with van der Waals surface area (Å²) in [6.45, 7) is 0. The highest BCUT2D eigenvalue weighted by atomic mass is 32.1. The summed E-state index contributed by atoms with van der Waals surface area (Å²) in [6.07, 6.45) is 0. The molecular formula is C52H33NOS. The van der Waals surface area contributed by atoms with Gasteiger partial charge in [-0.2, -0.15) is 0 Å². The first-order valence-electron chi connectivity index (χ1n) is 18.7. The highest BCUT2D eigenvalue weighted by Crippen LogP contribution is 2.48. The van der Waals surface area contributed by atoms with Crippen molar-refractivity contribution in [3.05, 3.63) is 200 Å². The molecule has 0 aliphatic carbocycles. The van der Waals surface area contributed by atoms with Crippen LogP contribution in [0, 0.1) is 0 Å². The van der Waals surface area contributed by atoms with E-state index in [9.17, 15) is 0 Å². The van der Waals surface area contributed by atoms with E-state index < -0.39 is 0 Å². The van der Waals surface area contributed by atoms with Crippen LogP contribution >= 0.6 is 11.3 Å². The fourth-order valence-corrected chi connectivity index (χ4v) is 9.39. The zero-order valence-corrected chi connectivity index (χ0v) is 30.6. The van der Waals surface area contributed by atoms with E-state index in [1.807, 2.05) is 17.4 Å². The van der Waals surface area contributed by atoms with Gasteiger partial charge in [-0.05, 0) is 105 Å². The molecule has 0 N–H and O–H groups in total. The van der Waals surface area contributed by atoms with Crippen LogP contribution in [0.2, 0.25) is 0 Å². The summed E-state index contributed by atoms with van der Waals surface area (Å²) in [5.74, 6) is 0. The molecule has 0 saturated heterocycles. The van der Waals surface area contributed by atoms with Crippen LogP contribution in [0.25, 0.3) is 86.3 Å². The molecule has 0 fully saturated rings. The molecule has 0 unspecified atom stereocenters. The molecule has 0 spiro atoms. The number of hydrogen-bond acceptors (Lipinski definition) is 3. The van der Waals surface area contributed by atoms with Crippen LogP contribution in [0.4, 0.5) is 17.1 Å². The Labute approximate surface area is 322 Å². The number of furan rings is 1. The third kappa shape index (κ3) is 5.40. The number of benzene rings is 9. The number of nitrogens with zero attached hydrogens (tertiary/aromatic N) is 1. The molecule has 11 aromatic rings. The zero-order valence-electron chi connectivity index (χ0n) is 29.8. The molecule has 0 aliphatic rings. The predicted octanol–water partition coefficient (Wildman–Crippen LogP) is 15.6. The third-order valence-electron chi connectivity index (χ3n) is 10.8. The Balaban J connectivity index is 1.01. The van der Waals surface area contributed by atoms with Gasteiger partial charge < -0.3 is 9.32 Å². The lowest BCUT2D eigenvalue weighted by Gasteiger charge is -2.27. The van der Waals surface area contributed by atoms with Gasteiger partial charge in [0.05, 0.1) is 21.5 Å². The Morgan fingerprint density at radius 3 is 1.73 bits per heavy atom. The van der Waals surface area contributed by atoms with Gasteiger partial charge in [-0.15, -0.1) is 11.3 Å². The molecule has 2 nitrogen and oxygen atoms in total. The fourth-order valence-electron chi connectivity index (χ4n) is 8.19. The Kier molecular flexibility index (Phi) is 7.39. The molecule has 0 radical (unpaired) electrons. The van der Waals surface area contributed by atoms with E-state index in [0.717, 1.165) is 39.0 Å². The minimum absolute atomic E-state index is 0.880. The van der Waals surface area contributed by atoms with Crippen molar-refractivity contribution in [3.63, 3.8) is 0 Å². The first-order valence-corrected chi connectivity index (χ1v) is 19.5. The van der Waals surface area contributed by atoms with E-state index in [0.29, 0.717) is 0 Å². The Morgan fingerprint density at radius 2 is 0.927 bits per heavy atom. The summed E-state index contributed by atoms with van der Waals surface area (Å²) in [4.78, 5) is 2.42. The number of thiophene rings is 1. The Hall–Kier alpha value is -6.94. The van der Waals surface area contributed by atoms with Crippen molar-refractivity contribution in [1.29, 1.82) is 0 Å². The van der Waals surface area contributed by atoms with Crippen molar-refractivity contribution in [2.24, 2.45) is 0 Å². The van der Waals surface area contributed by atoms with Crippen molar-refractivity contribution in [2.75, 3.05) is 4.90 Å². The molecule has 9 aromatic carbocycles. The summed E-state index contributed by atoms with van der Waals surface area (Å²) in [7, 11) is 0. The van der Waals surface area contributed by atoms with Crippen LogP contribution in [0.1, 0.15) is 0 Å². The maximum atomic E-state index is 6.40. The number of para-hydroxylation sites is 1. The number of fused-ring (bicyclic) bond motifs is 7. The first-order chi connectivity index (χ1) is 27.2. The van der Waals surface area contributed by atoms with Crippen LogP contribution in [-0.2, 0) is 0 Å². The fraction of sp³-hybridized carbons (Fsp3) is 0. The van der Waals surface area contributed by atoms with Crippen LogP contribution in [0.15, 0.2) is 205 Å². The van der Waals surface area contributed by atoms with E-state index in [4.69, 9.17) is 4.42 Å². The predicted molar refractivity (Wildman–Crippen MR) is 235 cm³/mol. The van der Waals surface area contributed by atoms with Gasteiger partial charge in [-0.1, -0.05) is 140 Å². The number of anilines is 3. The standard InChI is InChI=1S/C52H33NOS/c1-2-12-36-32-41(26-25-34(36)11-1)40-16-8-15-39(33-40)38-14-7-13-37(31-38)35-27-29-42(30-28-35)53(46-20-10-23-49-51(46)45-18-3-5-22-48(45)54-49)47-21-9-19-44-43-17-4-6-24-50(43)55-52(44)47/h1-33H. The van der Waals surface area contributed by atoms with Gasteiger partial charge in [0.25, 0.3) is 0 Å². The topological polar surface area (TPSA) is 16.4 Å². The van der Waals surface area contributed by atoms with Crippen LogP contribution in [-0.4, -0.2) is 0 Å². The molecule has 2 heterocycles. The first kappa shape index (κ1) is 31.6. The van der Waals surface area contributed by atoms with Crippen molar-refractivity contribution in [1.82, 2.24) is 0 Å². The number of hydrogen-bond donors (Lipinski definition) is 0. The van der Waals surface area contributed by atoms with Crippen LogP contribution in [0.5, 0.6) is 0 Å². The summed E-state index contributed by atoms with van der Waals surface area (Å²) in [5, 5.41) is 7.29. The van der Waals surface area contributed by atoms with Gasteiger partial charge >= 0.3 is 0 Å². The van der Waals surface area contributed by atoms with E-state index in [2.05, 4.69) is 199 Å². The molecule has 0 saturated carbocycles. The molecular weight excluding hydrogens is 687 g/mol. The zero-order chi connectivity index (χ0) is 36.3. The monoisotopic (exact) mass is 719 g/mol. The lowest BCUT2D eigenvalue weighted by atomic mass is 9.95. The van der Waals surface area contributed by atoms with Crippen LogP contribution in [0.3, 0.4) is 0 Å². The summed E-state index contributed by atoms with van der Waals surface area (Å²) < 4.78 is 8.95. The van der Waals surface area contributed by atoms with Crippen molar-refractivity contribution in [2.45, 2.75) is 0 Å². The smallest absolute Gasteiger partial charge is 0.137 e. The van der Waals surface area contributed by atoms with Crippen molar-refractivity contribution < 1.29 is 4.42 Å². The largest absolute Gasteiger partial charge is 0.456 e. The molecule has 2 aromatic heterocycles. The second kappa shape index (κ2) is 12.9. The second-order valence-corrected chi connectivity index (χ2v) is 15.2. The summed E-state index contributed by atoms with van der Waals surface area (Å²) in [5.41, 5.74) is 12.3. The quantitative estimate of drug-likeness (QED) is 0.170. The van der Waals surface area contributed by atoms with E-state index >= 15 is 0 Å². The highest BCUT2D eigenvalue weighted by molar-refractivity contribution is 7.26. The van der Waals surface area contributed by atoms with Crippen LogP contribution < -0.4 is 4.90 Å². The van der Waals surface area contributed by atoms with Gasteiger partial charge in [0.15, 0.2) is 0 Å². The average Bonchev–Trinajstić information content (AvgIpc) is 3.84. The van der Waals surface area contributed by atoms with E-state index in [1.54, 1.807) is 0 Å². The summed E-state index contributed by atoms with van der Waals surface area (Å²) in [6, 6.07) is 72.2. The van der Waals surface area contributed by atoms with Gasteiger partial charge in [0.1, 0.15) is 11.2 Å². The van der Waals surface area contributed by atoms with Crippen molar-refractivity contribution >= 4 is 81.3 Å². The lowest BCUT2D eigenvalue weighted by Crippen LogP contribution is -2.10. The SMILES string of the molecule is c1cc(-c2ccc(N(c3cccc4c3sc3ccccc34)c3cccc4oc5ccccc5c34)cc2)cc(-c2cccc(-c3ccc4ccccc4c3)c2)c1. The minimum Gasteiger partial charge on any atom is -0.456 e. The molecule has 55 heavy (non-hydrogen) atoms. The number of rotatable bonds is 6. The highest BCUT2D eigenvalue weighted by Gasteiger charge is 2.22. The van der Waals surface area contributed by atoms with Gasteiger partial charge in [0.2, 0.25) is 0 Å². The van der Waals surface area contributed by atoms with E-state index in [-0.39, 0.29) is 0 Å². The third-order valence-corrected chi connectivity index (χ3v) is 12.1. The molecule has 0 amide bonds. The Bertz CT molecular complexity index is 3220. The normalized spacial score (nSPS) is 11.6. The molecule has 3 heteroatoms. The molecule has 0 bridgehead atoms. The Morgan fingerprint density at radius 1 is 0.364 bits per heavy atom. The van der Waals surface area contributed by atoms with Gasteiger partial charge in [0, 0.05) is 26.5 Å². The summed E-state index contributed by atoms with van der Waals surface area (Å²) >= 11 is 1.85. The minimum atomic E-state index is 0.880.